The van der Waals surface area contributed by atoms with E-state index in [-0.39, 0.29) is 13.2 Å². The van der Waals surface area contributed by atoms with E-state index in [0.29, 0.717) is 43.6 Å². The summed E-state index contributed by atoms with van der Waals surface area (Å²) in [6.45, 7) is 2.24. The van der Waals surface area contributed by atoms with Crippen LogP contribution < -0.4 is 9.47 Å². The van der Waals surface area contributed by atoms with Crippen LogP contribution >= 0.6 is 0 Å². The van der Waals surface area contributed by atoms with Gasteiger partial charge in [-0.2, -0.15) is 5.10 Å². The average molecular weight is 480 g/mol. The number of aromatic nitrogens is 2. The zero-order valence-corrected chi connectivity index (χ0v) is 20.5. The molecule has 1 unspecified atom stereocenters. The molecule has 1 heterocycles. The maximum absolute atomic E-state index is 10.5. The number of ether oxygens (including phenoxy) is 4. The molecule has 1 aromatic heterocycles. The minimum absolute atomic E-state index is 0.150. The smallest absolute Gasteiger partial charge is 0.222 e. The summed E-state index contributed by atoms with van der Waals surface area (Å²) >= 11 is 0. The van der Waals surface area contributed by atoms with Gasteiger partial charge < -0.3 is 24.1 Å². The minimum atomic E-state index is -0.712. The predicted octanol–water partition coefficient (Wildman–Crippen LogP) is 3.35. The van der Waals surface area contributed by atoms with E-state index in [1.165, 1.54) is 0 Å². The minimum Gasteiger partial charge on any atom is -0.493 e. The molecule has 0 radical (unpaired) electrons. The molecular weight excluding hydrogens is 446 g/mol. The lowest BCUT2D eigenvalue weighted by Gasteiger charge is -2.25. The third kappa shape index (κ3) is 7.31. The molecule has 0 saturated carbocycles. The fraction of sp³-hybridized carbons (Fsp3) is 0.370. The lowest BCUT2D eigenvalue weighted by molar-refractivity contribution is 0.0206. The third-order valence-electron chi connectivity index (χ3n) is 5.37. The average Bonchev–Trinajstić information content (AvgIpc) is 3.18. The Labute approximate surface area is 207 Å². The molecule has 8 nitrogen and oxygen atoms in total. The van der Waals surface area contributed by atoms with Gasteiger partial charge in [-0.3, -0.25) is 4.90 Å². The van der Waals surface area contributed by atoms with Crippen LogP contribution in [0.3, 0.4) is 0 Å². The second kappa shape index (κ2) is 13.5. The second-order valence-corrected chi connectivity index (χ2v) is 7.98. The van der Waals surface area contributed by atoms with E-state index in [4.69, 9.17) is 30.5 Å². The van der Waals surface area contributed by atoms with Crippen molar-refractivity contribution in [3.8, 4) is 41.0 Å². The van der Waals surface area contributed by atoms with E-state index < -0.39 is 6.10 Å². The molecule has 0 spiro atoms. The highest BCUT2D eigenvalue weighted by Gasteiger charge is 2.24. The molecule has 0 aliphatic rings. The molecule has 2 aromatic carbocycles. The quantitative estimate of drug-likeness (QED) is 0.281. The van der Waals surface area contributed by atoms with Gasteiger partial charge in [0.25, 0.3) is 0 Å². The molecule has 1 atom stereocenters. The Kier molecular flexibility index (Phi) is 10.1. The van der Waals surface area contributed by atoms with Gasteiger partial charge in [0.15, 0.2) is 11.5 Å². The number of aryl methyl sites for hydroxylation is 1. The van der Waals surface area contributed by atoms with Gasteiger partial charge >= 0.3 is 0 Å². The molecule has 0 aliphatic carbocycles. The van der Waals surface area contributed by atoms with Crippen LogP contribution in [0.5, 0.6) is 17.4 Å². The molecule has 0 amide bonds. The third-order valence-corrected chi connectivity index (χ3v) is 5.37. The van der Waals surface area contributed by atoms with Crippen molar-refractivity contribution >= 4 is 0 Å². The Morgan fingerprint density at radius 3 is 2.49 bits per heavy atom. The van der Waals surface area contributed by atoms with Crippen molar-refractivity contribution in [2.45, 2.75) is 12.6 Å². The summed E-state index contributed by atoms with van der Waals surface area (Å²) in [6.07, 6.45) is 4.53. The van der Waals surface area contributed by atoms with Gasteiger partial charge in [0.1, 0.15) is 12.3 Å². The molecule has 0 fully saturated rings. The Morgan fingerprint density at radius 2 is 1.80 bits per heavy atom. The van der Waals surface area contributed by atoms with Crippen molar-refractivity contribution in [3.05, 3.63) is 60.2 Å². The second-order valence-electron chi connectivity index (χ2n) is 7.98. The standard InChI is InChI=1S/C27H33N3O5/c1-5-16-34-20-22(31)18-30(15-17-32-3)19-23-26(21-11-7-6-8-12-21)28-29(2)27(23)35-25-14-10-9-13-24(25)33-4/h1,6-14,22,31H,15-20H2,2-4H3. The summed E-state index contributed by atoms with van der Waals surface area (Å²) in [6, 6.07) is 17.4. The summed E-state index contributed by atoms with van der Waals surface area (Å²) in [5, 5.41) is 15.3. The van der Waals surface area contributed by atoms with Crippen molar-refractivity contribution in [3.63, 3.8) is 0 Å². The SMILES string of the molecule is C#CCOCC(O)CN(CCOC)Cc1c(-c2ccccc2)nn(C)c1Oc1ccccc1OC. The molecular formula is C27H33N3O5. The number of benzene rings is 2. The van der Waals surface area contributed by atoms with Crippen molar-refractivity contribution in [2.24, 2.45) is 7.05 Å². The molecule has 0 aliphatic heterocycles. The number of hydrogen-bond donors (Lipinski definition) is 1. The normalized spacial score (nSPS) is 11.9. The van der Waals surface area contributed by atoms with Gasteiger partial charge in [0.2, 0.25) is 5.88 Å². The van der Waals surface area contributed by atoms with Crippen LogP contribution in [0.15, 0.2) is 54.6 Å². The molecule has 0 bridgehead atoms. The van der Waals surface area contributed by atoms with Crippen LogP contribution in [0.25, 0.3) is 11.3 Å². The maximum atomic E-state index is 10.5. The van der Waals surface area contributed by atoms with Gasteiger partial charge in [-0.15, -0.1) is 6.42 Å². The van der Waals surface area contributed by atoms with Gasteiger partial charge in [-0.25, -0.2) is 4.68 Å². The highest BCUT2D eigenvalue weighted by molar-refractivity contribution is 5.66. The molecule has 186 valence electrons. The first-order chi connectivity index (χ1) is 17.1. The van der Waals surface area contributed by atoms with E-state index in [9.17, 15) is 5.11 Å². The van der Waals surface area contributed by atoms with Crippen LogP contribution in [-0.4, -0.2) is 73.0 Å². The van der Waals surface area contributed by atoms with Crippen molar-refractivity contribution in [1.29, 1.82) is 0 Å². The number of rotatable bonds is 14. The van der Waals surface area contributed by atoms with E-state index >= 15 is 0 Å². The Morgan fingerprint density at radius 1 is 1.09 bits per heavy atom. The summed E-state index contributed by atoms with van der Waals surface area (Å²) < 4.78 is 24.2. The molecule has 1 N–H and O–H groups in total. The zero-order valence-electron chi connectivity index (χ0n) is 20.5. The highest BCUT2D eigenvalue weighted by Crippen LogP contribution is 2.37. The predicted molar refractivity (Wildman–Crippen MR) is 135 cm³/mol. The summed E-state index contributed by atoms with van der Waals surface area (Å²) in [5.41, 5.74) is 2.66. The maximum Gasteiger partial charge on any atom is 0.222 e. The first-order valence-electron chi connectivity index (χ1n) is 11.4. The van der Waals surface area contributed by atoms with E-state index in [2.05, 4.69) is 10.8 Å². The van der Waals surface area contributed by atoms with E-state index in [1.54, 1.807) is 18.9 Å². The Balaban J connectivity index is 1.96. The van der Waals surface area contributed by atoms with Crippen LogP contribution in [0.1, 0.15) is 5.56 Å². The number of aliphatic hydroxyl groups excluding tert-OH is 1. The fourth-order valence-corrected chi connectivity index (χ4v) is 3.74. The Hall–Kier alpha value is -3.35. The highest BCUT2D eigenvalue weighted by atomic mass is 16.5. The number of hydrogen-bond acceptors (Lipinski definition) is 7. The summed E-state index contributed by atoms with van der Waals surface area (Å²) in [5.74, 6) is 4.22. The zero-order chi connectivity index (χ0) is 25.0. The molecule has 0 saturated heterocycles. The molecule has 3 rings (SSSR count). The summed E-state index contributed by atoms with van der Waals surface area (Å²) in [4.78, 5) is 2.09. The number of methoxy groups -OCH3 is 2. The van der Waals surface area contributed by atoms with Crippen molar-refractivity contribution in [1.82, 2.24) is 14.7 Å². The van der Waals surface area contributed by atoms with Crippen LogP contribution in [0, 0.1) is 12.3 Å². The number of nitrogens with zero attached hydrogens (tertiary/aromatic N) is 3. The van der Waals surface area contributed by atoms with Crippen molar-refractivity contribution in [2.75, 3.05) is 47.1 Å². The first kappa shape index (κ1) is 26.3. The number of aliphatic hydroxyl groups is 1. The molecule has 8 heteroatoms. The first-order valence-corrected chi connectivity index (χ1v) is 11.4. The van der Waals surface area contributed by atoms with Crippen molar-refractivity contribution < 1.29 is 24.1 Å². The summed E-state index contributed by atoms with van der Waals surface area (Å²) in [7, 11) is 5.11. The molecule has 3 aromatic rings. The van der Waals surface area contributed by atoms with Crippen LogP contribution in [0.2, 0.25) is 0 Å². The Bertz CT molecular complexity index is 1090. The topological polar surface area (TPSA) is 78.2 Å². The monoisotopic (exact) mass is 479 g/mol. The van der Waals surface area contributed by atoms with Crippen LogP contribution in [0.4, 0.5) is 0 Å². The fourth-order valence-electron chi connectivity index (χ4n) is 3.74. The van der Waals surface area contributed by atoms with Gasteiger partial charge in [0, 0.05) is 39.4 Å². The van der Waals surface area contributed by atoms with E-state index in [0.717, 1.165) is 16.8 Å². The van der Waals surface area contributed by atoms with Gasteiger partial charge in [-0.05, 0) is 12.1 Å². The molecule has 35 heavy (non-hydrogen) atoms. The number of para-hydroxylation sites is 2. The van der Waals surface area contributed by atoms with E-state index in [1.807, 2.05) is 61.6 Å². The van der Waals surface area contributed by atoms with Gasteiger partial charge in [-0.1, -0.05) is 48.4 Å². The van der Waals surface area contributed by atoms with Crippen LogP contribution in [-0.2, 0) is 23.1 Å². The van der Waals surface area contributed by atoms with Gasteiger partial charge in [0.05, 0.1) is 32.0 Å². The lowest BCUT2D eigenvalue weighted by atomic mass is 10.1. The lowest BCUT2D eigenvalue weighted by Crippen LogP contribution is -2.36. The number of terminal acetylenes is 1. The largest absolute Gasteiger partial charge is 0.493 e.